The number of hydrogen-bond donors (Lipinski definition) is 0. The van der Waals surface area contributed by atoms with Gasteiger partial charge in [0.1, 0.15) is 0 Å². The number of rotatable bonds is 7. The van der Waals surface area contributed by atoms with Crippen molar-refractivity contribution in [2.75, 3.05) is 0 Å². The van der Waals surface area contributed by atoms with Gasteiger partial charge >= 0.3 is 0 Å². The third-order valence-electron chi connectivity index (χ3n) is 8.75. The maximum atomic E-state index is 4.57. The highest BCUT2D eigenvalue weighted by atomic mass is 14.7. The Morgan fingerprint density at radius 2 is 0.500 bits per heavy atom. The van der Waals surface area contributed by atoms with Crippen molar-refractivity contribution in [2.45, 2.75) is 0 Å². The van der Waals surface area contributed by atoms with Gasteiger partial charge in [0.25, 0.3) is 0 Å². The van der Waals surface area contributed by atoms with E-state index in [-0.39, 0.29) is 0 Å². The molecule has 8 aromatic rings. The van der Waals surface area contributed by atoms with Gasteiger partial charge < -0.3 is 0 Å². The van der Waals surface area contributed by atoms with Crippen molar-refractivity contribution < 1.29 is 0 Å². The van der Waals surface area contributed by atoms with Crippen LogP contribution in [0.3, 0.4) is 0 Å². The third-order valence-corrected chi connectivity index (χ3v) is 8.75. The van der Waals surface area contributed by atoms with E-state index in [1.54, 1.807) is 0 Å². The molecule has 0 unspecified atom stereocenters. The normalized spacial score (nSPS) is 10.9. The lowest BCUT2D eigenvalue weighted by atomic mass is 9.91. The van der Waals surface area contributed by atoms with Crippen molar-refractivity contribution in [3.05, 3.63) is 194 Å². The molecule has 2 nitrogen and oxygen atoms in total. The first-order chi connectivity index (χ1) is 23.8. The Bertz CT molecular complexity index is 2180. The van der Waals surface area contributed by atoms with E-state index >= 15 is 0 Å². The molecule has 2 aromatic heterocycles. The van der Waals surface area contributed by atoms with Crippen LogP contribution in [0, 0.1) is 0 Å². The van der Waals surface area contributed by atoms with Gasteiger partial charge in [-0.1, -0.05) is 115 Å². The van der Waals surface area contributed by atoms with Crippen molar-refractivity contribution in [3.63, 3.8) is 0 Å². The summed E-state index contributed by atoms with van der Waals surface area (Å²) >= 11 is 0. The van der Waals surface area contributed by atoms with Crippen LogP contribution in [0.15, 0.2) is 194 Å². The Hall–Kier alpha value is -6.38. The lowest BCUT2D eigenvalue weighted by Crippen LogP contribution is -1.88. The maximum Gasteiger partial charge on any atom is 0.0702 e. The van der Waals surface area contributed by atoms with Gasteiger partial charge in [-0.3, -0.25) is 9.97 Å². The van der Waals surface area contributed by atoms with E-state index in [1.807, 2.05) is 36.7 Å². The predicted molar refractivity (Wildman–Crippen MR) is 200 cm³/mol. The topological polar surface area (TPSA) is 25.8 Å². The first-order valence-corrected chi connectivity index (χ1v) is 16.2. The number of nitrogens with zero attached hydrogens (tertiary/aromatic N) is 2. The molecule has 0 bridgehead atoms. The van der Waals surface area contributed by atoms with Crippen LogP contribution >= 0.6 is 0 Å². The van der Waals surface area contributed by atoms with Crippen LogP contribution in [0.25, 0.3) is 78.1 Å². The highest BCUT2D eigenvalue weighted by molar-refractivity contribution is 5.85. The average Bonchev–Trinajstić information content (AvgIpc) is 3.19. The van der Waals surface area contributed by atoms with Crippen LogP contribution in [-0.4, -0.2) is 9.97 Å². The Labute approximate surface area is 281 Å². The zero-order valence-electron chi connectivity index (χ0n) is 26.4. The summed E-state index contributed by atoms with van der Waals surface area (Å²) in [5.41, 5.74) is 15.9. The van der Waals surface area contributed by atoms with Crippen LogP contribution in [0.5, 0.6) is 0 Å². The average molecular weight is 613 g/mol. The van der Waals surface area contributed by atoms with Crippen molar-refractivity contribution in [1.29, 1.82) is 0 Å². The summed E-state index contributed by atoms with van der Waals surface area (Å²) in [5, 5.41) is 0. The fourth-order valence-electron chi connectivity index (χ4n) is 6.30. The molecular formula is C46H32N2. The monoisotopic (exact) mass is 612 g/mol. The van der Waals surface area contributed by atoms with E-state index in [0.717, 1.165) is 22.5 Å². The summed E-state index contributed by atoms with van der Waals surface area (Å²) in [6.07, 6.45) is 3.68. The fraction of sp³-hybridized carbons (Fsp3) is 0. The summed E-state index contributed by atoms with van der Waals surface area (Å²) < 4.78 is 0. The number of pyridine rings is 2. The molecule has 0 aliphatic carbocycles. The van der Waals surface area contributed by atoms with Gasteiger partial charge in [0.15, 0.2) is 0 Å². The SMILES string of the molecule is c1ccc(-c2cc(-c3cccc(-c4cccc(-c5ccccn5)c4)c3)cc(-c3cccc(-c4cccc(-c5ccccn5)c4)c3)c2)cc1. The first kappa shape index (κ1) is 29.1. The zero-order chi connectivity index (χ0) is 32.1. The summed E-state index contributed by atoms with van der Waals surface area (Å²) in [7, 11) is 0. The Balaban J connectivity index is 1.20. The highest BCUT2D eigenvalue weighted by Crippen LogP contribution is 2.36. The molecule has 0 aliphatic heterocycles. The van der Waals surface area contributed by atoms with Crippen molar-refractivity contribution in [2.24, 2.45) is 0 Å². The minimum Gasteiger partial charge on any atom is -0.256 e. The maximum absolute atomic E-state index is 4.57. The van der Waals surface area contributed by atoms with Gasteiger partial charge in [-0.05, 0) is 122 Å². The molecule has 0 spiro atoms. The summed E-state index contributed by atoms with van der Waals surface area (Å²) in [6, 6.07) is 64.6. The molecule has 0 radical (unpaired) electrons. The van der Waals surface area contributed by atoms with Crippen molar-refractivity contribution >= 4 is 0 Å². The van der Waals surface area contributed by atoms with Gasteiger partial charge in [0, 0.05) is 23.5 Å². The molecule has 2 heterocycles. The molecule has 0 saturated carbocycles. The summed E-state index contributed by atoms with van der Waals surface area (Å²) in [4.78, 5) is 9.13. The molecule has 0 N–H and O–H groups in total. The molecule has 0 atom stereocenters. The molecular weight excluding hydrogens is 581 g/mol. The van der Waals surface area contributed by atoms with E-state index < -0.39 is 0 Å². The molecule has 0 aliphatic rings. The molecule has 6 aromatic carbocycles. The van der Waals surface area contributed by atoms with Gasteiger partial charge in [-0.15, -0.1) is 0 Å². The largest absolute Gasteiger partial charge is 0.256 e. The lowest BCUT2D eigenvalue weighted by Gasteiger charge is -2.14. The van der Waals surface area contributed by atoms with Crippen LogP contribution in [0.4, 0.5) is 0 Å². The zero-order valence-corrected chi connectivity index (χ0v) is 26.4. The predicted octanol–water partition coefficient (Wildman–Crippen LogP) is 12.1. The van der Waals surface area contributed by atoms with Crippen LogP contribution < -0.4 is 0 Å². The Kier molecular flexibility index (Phi) is 7.96. The number of hydrogen-bond acceptors (Lipinski definition) is 2. The second-order valence-corrected chi connectivity index (χ2v) is 11.9. The minimum absolute atomic E-state index is 0.974. The molecule has 48 heavy (non-hydrogen) atoms. The second-order valence-electron chi connectivity index (χ2n) is 11.9. The van der Waals surface area contributed by atoms with E-state index in [4.69, 9.17) is 0 Å². The van der Waals surface area contributed by atoms with E-state index in [0.29, 0.717) is 0 Å². The van der Waals surface area contributed by atoms with Gasteiger partial charge in [0.05, 0.1) is 11.4 Å². The molecule has 0 amide bonds. The van der Waals surface area contributed by atoms with Crippen molar-refractivity contribution in [3.8, 4) is 78.1 Å². The van der Waals surface area contributed by atoms with Gasteiger partial charge in [-0.25, -0.2) is 0 Å². The van der Waals surface area contributed by atoms with E-state index in [2.05, 4.69) is 168 Å². The molecule has 226 valence electrons. The van der Waals surface area contributed by atoms with Crippen molar-refractivity contribution in [1.82, 2.24) is 9.97 Å². The first-order valence-electron chi connectivity index (χ1n) is 16.2. The second kappa shape index (κ2) is 13.2. The van der Waals surface area contributed by atoms with E-state index in [1.165, 1.54) is 55.6 Å². The summed E-state index contributed by atoms with van der Waals surface area (Å²) in [6.45, 7) is 0. The third kappa shape index (κ3) is 6.20. The van der Waals surface area contributed by atoms with Crippen LogP contribution in [0.2, 0.25) is 0 Å². The van der Waals surface area contributed by atoms with E-state index in [9.17, 15) is 0 Å². The molecule has 8 rings (SSSR count). The quantitative estimate of drug-likeness (QED) is 0.179. The van der Waals surface area contributed by atoms with Gasteiger partial charge in [-0.2, -0.15) is 0 Å². The molecule has 2 heteroatoms. The van der Waals surface area contributed by atoms with Gasteiger partial charge in [0.2, 0.25) is 0 Å². The van der Waals surface area contributed by atoms with Crippen LogP contribution in [0.1, 0.15) is 0 Å². The lowest BCUT2D eigenvalue weighted by molar-refractivity contribution is 1.33. The standard InChI is InChI=1S/C46H32N2/c1-2-12-33(13-3-1)42-30-43(38-18-8-14-34(26-38)36-16-10-20-40(28-36)45-22-4-6-24-47-45)32-44(31-42)39-19-9-15-35(27-39)37-17-11-21-41(29-37)46-23-5-7-25-48-46/h1-32H. The van der Waals surface area contributed by atoms with Crippen LogP contribution in [-0.2, 0) is 0 Å². The number of aromatic nitrogens is 2. The minimum atomic E-state index is 0.974. The fourth-order valence-corrected chi connectivity index (χ4v) is 6.30. The Morgan fingerprint density at radius 1 is 0.208 bits per heavy atom. The highest BCUT2D eigenvalue weighted by Gasteiger charge is 2.11. The Morgan fingerprint density at radius 3 is 0.896 bits per heavy atom. The summed E-state index contributed by atoms with van der Waals surface area (Å²) in [5.74, 6) is 0. The molecule has 0 fully saturated rings. The smallest absolute Gasteiger partial charge is 0.0702 e. The molecule has 0 saturated heterocycles. The number of benzene rings is 6.